The number of rotatable bonds is 5. The van der Waals surface area contributed by atoms with Gasteiger partial charge in [-0.15, -0.1) is 0 Å². The minimum absolute atomic E-state index is 0.251. The maximum absolute atomic E-state index is 12.3. The fourth-order valence-electron chi connectivity index (χ4n) is 2.14. The Hall–Kier alpha value is -2.57. The van der Waals surface area contributed by atoms with Crippen LogP contribution in [-0.4, -0.2) is 15.9 Å². The zero-order valence-corrected chi connectivity index (χ0v) is 14.7. The fourth-order valence-corrected chi connectivity index (χ4v) is 2.44. The number of benzene rings is 1. The standard InChI is InChI=1S/C17H14Cl2N4O2/c1-10-21-15(17(24)20-9-12-3-2-6-25-12)8-16(22-10)23-11-4-5-13(18)14(19)7-11/h2-8H,9H2,1H3,(H,20,24)(H,21,22,23). The number of carbonyl (C=O) groups is 1. The largest absolute Gasteiger partial charge is 0.467 e. The average Bonchev–Trinajstić information content (AvgIpc) is 3.09. The van der Waals surface area contributed by atoms with Gasteiger partial charge in [0.1, 0.15) is 23.1 Å². The van der Waals surface area contributed by atoms with Crippen LogP contribution in [0.2, 0.25) is 10.0 Å². The molecule has 1 aromatic carbocycles. The van der Waals surface area contributed by atoms with Crippen molar-refractivity contribution in [3.05, 3.63) is 70.0 Å². The Morgan fingerprint density at radius 1 is 1.16 bits per heavy atom. The van der Waals surface area contributed by atoms with E-state index < -0.39 is 0 Å². The van der Waals surface area contributed by atoms with Crippen molar-refractivity contribution in [1.82, 2.24) is 15.3 Å². The minimum Gasteiger partial charge on any atom is -0.467 e. The van der Waals surface area contributed by atoms with Crippen molar-refractivity contribution in [2.75, 3.05) is 5.32 Å². The second-order valence-corrected chi connectivity index (χ2v) is 6.02. The highest BCUT2D eigenvalue weighted by atomic mass is 35.5. The number of hydrogen-bond acceptors (Lipinski definition) is 5. The number of aromatic nitrogens is 2. The Bertz CT molecular complexity index is 898. The predicted octanol–water partition coefficient (Wildman–Crippen LogP) is 4.36. The molecule has 25 heavy (non-hydrogen) atoms. The third kappa shape index (κ3) is 4.49. The number of nitrogens with zero attached hydrogens (tertiary/aromatic N) is 2. The first-order valence-corrected chi connectivity index (χ1v) is 8.15. The molecule has 2 heterocycles. The number of aryl methyl sites for hydroxylation is 1. The third-order valence-electron chi connectivity index (χ3n) is 3.27. The number of hydrogen-bond donors (Lipinski definition) is 2. The van der Waals surface area contributed by atoms with Crippen LogP contribution >= 0.6 is 23.2 Å². The number of anilines is 2. The van der Waals surface area contributed by atoms with Crippen LogP contribution in [-0.2, 0) is 6.54 Å². The summed E-state index contributed by atoms with van der Waals surface area (Å²) in [7, 11) is 0. The van der Waals surface area contributed by atoms with Crippen molar-refractivity contribution >= 4 is 40.6 Å². The van der Waals surface area contributed by atoms with E-state index in [1.54, 1.807) is 49.6 Å². The van der Waals surface area contributed by atoms with Gasteiger partial charge in [0, 0.05) is 11.8 Å². The molecule has 128 valence electrons. The second-order valence-electron chi connectivity index (χ2n) is 5.20. The molecule has 0 radical (unpaired) electrons. The van der Waals surface area contributed by atoms with Gasteiger partial charge in [-0.25, -0.2) is 9.97 Å². The summed E-state index contributed by atoms with van der Waals surface area (Å²) in [5, 5.41) is 6.72. The molecule has 2 aromatic heterocycles. The van der Waals surface area contributed by atoms with Crippen LogP contribution in [0.4, 0.5) is 11.5 Å². The lowest BCUT2D eigenvalue weighted by atomic mass is 10.3. The quantitative estimate of drug-likeness (QED) is 0.691. The normalized spacial score (nSPS) is 10.5. The van der Waals surface area contributed by atoms with E-state index in [1.165, 1.54) is 0 Å². The summed E-state index contributed by atoms with van der Waals surface area (Å²) in [6, 6.07) is 10.2. The maximum Gasteiger partial charge on any atom is 0.270 e. The van der Waals surface area contributed by atoms with Gasteiger partial charge in [0.2, 0.25) is 0 Å². The van der Waals surface area contributed by atoms with Gasteiger partial charge in [-0.05, 0) is 37.3 Å². The maximum atomic E-state index is 12.3. The van der Waals surface area contributed by atoms with E-state index in [0.29, 0.717) is 33.1 Å². The molecular weight excluding hydrogens is 363 g/mol. The van der Waals surface area contributed by atoms with E-state index in [4.69, 9.17) is 27.6 Å². The van der Waals surface area contributed by atoms with E-state index in [-0.39, 0.29) is 18.1 Å². The van der Waals surface area contributed by atoms with Crippen molar-refractivity contribution in [3.8, 4) is 0 Å². The Morgan fingerprint density at radius 3 is 2.72 bits per heavy atom. The van der Waals surface area contributed by atoms with E-state index in [9.17, 15) is 4.79 Å². The molecule has 3 aromatic rings. The summed E-state index contributed by atoms with van der Waals surface area (Å²) >= 11 is 11.9. The number of nitrogens with one attached hydrogen (secondary N) is 2. The Morgan fingerprint density at radius 2 is 2.00 bits per heavy atom. The van der Waals surface area contributed by atoms with Gasteiger partial charge in [0.05, 0.1) is 22.9 Å². The minimum atomic E-state index is -0.320. The highest BCUT2D eigenvalue weighted by Crippen LogP contribution is 2.26. The highest BCUT2D eigenvalue weighted by molar-refractivity contribution is 6.42. The third-order valence-corrected chi connectivity index (χ3v) is 4.00. The SMILES string of the molecule is Cc1nc(Nc2ccc(Cl)c(Cl)c2)cc(C(=O)NCc2ccco2)n1. The van der Waals surface area contributed by atoms with Crippen LogP contribution in [0.25, 0.3) is 0 Å². The number of carbonyl (C=O) groups excluding carboxylic acids is 1. The molecule has 0 aliphatic heterocycles. The van der Waals surface area contributed by atoms with E-state index in [1.807, 2.05) is 0 Å². The average molecular weight is 377 g/mol. The lowest BCUT2D eigenvalue weighted by molar-refractivity contribution is 0.0942. The summed E-state index contributed by atoms with van der Waals surface area (Å²) in [5.74, 6) is 1.29. The number of furan rings is 1. The van der Waals surface area contributed by atoms with Crippen LogP contribution < -0.4 is 10.6 Å². The first-order valence-electron chi connectivity index (χ1n) is 7.39. The molecule has 0 aliphatic carbocycles. The first kappa shape index (κ1) is 17.3. The Kier molecular flexibility index (Phi) is 5.21. The molecule has 0 bridgehead atoms. The van der Waals surface area contributed by atoms with Crippen LogP contribution in [0.1, 0.15) is 22.1 Å². The van der Waals surface area contributed by atoms with E-state index in [0.717, 1.165) is 0 Å². The van der Waals surface area contributed by atoms with Gasteiger partial charge in [-0.3, -0.25) is 4.79 Å². The molecule has 0 saturated carbocycles. The molecular formula is C17H14Cl2N4O2. The van der Waals surface area contributed by atoms with Crippen molar-refractivity contribution in [1.29, 1.82) is 0 Å². The molecule has 0 aliphatic rings. The van der Waals surface area contributed by atoms with Crippen LogP contribution in [0, 0.1) is 6.92 Å². The van der Waals surface area contributed by atoms with Crippen molar-refractivity contribution < 1.29 is 9.21 Å². The molecule has 3 rings (SSSR count). The molecule has 1 amide bonds. The number of amides is 1. The molecule has 0 saturated heterocycles. The van der Waals surface area contributed by atoms with Crippen molar-refractivity contribution in [3.63, 3.8) is 0 Å². The monoisotopic (exact) mass is 376 g/mol. The molecule has 6 nitrogen and oxygen atoms in total. The summed E-state index contributed by atoms with van der Waals surface area (Å²) in [4.78, 5) is 20.7. The Labute approximate surface area is 154 Å². The Balaban J connectivity index is 1.75. The smallest absolute Gasteiger partial charge is 0.270 e. The van der Waals surface area contributed by atoms with Gasteiger partial charge >= 0.3 is 0 Å². The molecule has 0 fully saturated rings. The zero-order chi connectivity index (χ0) is 17.8. The molecule has 0 spiro atoms. The van der Waals surface area contributed by atoms with Gasteiger partial charge in [0.15, 0.2) is 0 Å². The van der Waals surface area contributed by atoms with Gasteiger partial charge in [-0.1, -0.05) is 23.2 Å². The summed E-state index contributed by atoms with van der Waals surface area (Å²) in [6.07, 6.45) is 1.55. The van der Waals surface area contributed by atoms with Gasteiger partial charge in [-0.2, -0.15) is 0 Å². The first-order chi connectivity index (χ1) is 12.0. The van der Waals surface area contributed by atoms with Gasteiger partial charge in [0.25, 0.3) is 5.91 Å². The van der Waals surface area contributed by atoms with Crippen LogP contribution in [0.15, 0.2) is 47.1 Å². The van der Waals surface area contributed by atoms with E-state index in [2.05, 4.69) is 20.6 Å². The molecule has 0 unspecified atom stereocenters. The topological polar surface area (TPSA) is 80.0 Å². The van der Waals surface area contributed by atoms with Gasteiger partial charge < -0.3 is 15.1 Å². The number of halogens is 2. The lowest BCUT2D eigenvalue weighted by Gasteiger charge is -2.09. The van der Waals surface area contributed by atoms with Crippen molar-refractivity contribution in [2.24, 2.45) is 0 Å². The second kappa shape index (κ2) is 7.55. The highest BCUT2D eigenvalue weighted by Gasteiger charge is 2.11. The van der Waals surface area contributed by atoms with Crippen molar-refractivity contribution in [2.45, 2.75) is 13.5 Å². The van der Waals surface area contributed by atoms with Crippen LogP contribution in [0.5, 0.6) is 0 Å². The molecule has 0 atom stereocenters. The fraction of sp³-hybridized carbons (Fsp3) is 0.118. The van der Waals surface area contributed by atoms with Crippen LogP contribution in [0.3, 0.4) is 0 Å². The van der Waals surface area contributed by atoms with E-state index >= 15 is 0 Å². The predicted molar refractivity (Wildman–Crippen MR) is 96.4 cm³/mol. The zero-order valence-electron chi connectivity index (χ0n) is 13.2. The molecule has 2 N–H and O–H groups in total. The molecule has 8 heteroatoms. The summed E-state index contributed by atoms with van der Waals surface area (Å²) in [5.41, 5.74) is 0.955. The summed E-state index contributed by atoms with van der Waals surface area (Å²) in [6.45, 7) is 1.99. The summed E-state index contributed by atoms with van der Waals surface area (Å²) < 4.78 is 5.18. The lowest BCUT2D eigenvalue weighted by Crippen LogP contribution is -2.24.